The van der Waals surface area contributed by atoms with E-state index in [-0.39, 0.29) is 6.04 Å². The standard InChI is InChI=1S/C18H27N3O/c1-14-4-2-5-15(10-14)11-18(22)21-9-8-20-13-17(21)16-6-3-7-19-12-16/h3,6-7,12,14-15,17,20H,2,4-5,8-11,13H2,1H3. The van der Waals surface area contributed by atoms with Crippen LogP contribution in [0.25, 0.3) is 0 Å². The molecule has 3 rings (SSSR count). The molecule has 0 bridgehead atoms. The number of piperazine rings is 1. The number of nitrogens with one attached hydrogen (secondary N) is 1. The van der Waals surface area contributed by atoms with Gasteiger partial charge in [0.1, 0.15) is 0 Å². The Morgan fingerprint density at radius 1 is 1.45 bits per heavy atom. The number of pyridine rings is 1. The van der Waals surface area contributed by atoms with E-state index in [0.29, 0.717) is 11.8 Å². The highest BCUT2D eigenvalue weighted by atomic mass is 16.2. The van der Waals surface area contributed by atoms with E-state index in [1.807, 2.05) is 12.3 Å². The van der Waals surface area contributed by atoms with Crippen LogP contribution in [0.1, 0.15) is 50.6 Å². The number of carbonyl (C=O) groups is 1. The van der Waals surface area contributed by atoms with Crippen molar-refractivity contribution in [1.82, 2.24) is 15.2 Å². The first-order valence-corrected chi connectivity index (χ1v) is 8.64. The van der Waals surface area contributed by atoms with Gasteiger partial charge in [-0.3, -0.25) is 9.78 Å². The van der Waals surface area contributed by atoms with Crippen LogP contribution in [0.4, 0.5) is 0 Å². The van der Waals surface area contributed by atoms with Crippen molar-refractivity contribution in [3.63, 3.8) is 0 Å². The van der Waals surface area contributed by atoms with Gasteiger partial charge in [0.15, 0.2) is 0 Å². The first-order valence-electron chi connectivity index (χ1n) is 8.64. The summed E-state index contributed by atoms with van der Waals surface area (Å²) < 4.78 is 0. The highest BCUT2D eigenvalue weighted by Gasteiger charge is 2.30. The summed E-state index contributed by atoms with van der Waals surface area (Å²) in [5.74, 6) is 1.69. The zero-order valence-corrected chi connectivity index (χ0v) is 13.5. The molecule has 1 aliphatic carbocycles. The summed E-state index contributed by atoms with van der Waals surface area (Å²) in [6.07, 6.45) is 9.45. The van der Waals surface area contributed by atoms with Gasteiger partial charge in [-0.25, -0.2) is 0 Å². The Labute approximate surface area is 133 Å². The van der Waals surface area contributed by atoms with Crippen LogP contribution in [-0.4, -0.2) is 35.4 Å². The molecule has 2 heterocycles. The van der Waals surface area contributed by atoms with E-state index in [2.05, 4.69) is 28.2 Å². The minimum absolute atomic E-state index is 0.135. The molecule has 1 amide bonds. The average molecular weight is 301 g/mol. The molecule has 1 aromatic rings. The van der Waals surface area contributed by atoms with Crippen LogP contribution in [0.5, 0.6) is 0 Å². The molecule has 1 saturated heterocycles. The average Bonchev–Trinajstić information content (AvgIpc) is 2.56. The molecule has 1 aliphatic heterocycles. The molecule has 3 unspecified atom stereocenters. The normalized spacial score (nSPS) is 29.3. The maximum atomic E-state index is 12.8. The summed E-state index contributed by atoms with van der Waals surface area (Å²) in [7, 11) is 0. The van der Waals surface area contributed by atoms with Gasteiger partial charge in [0.05, 0.1) is 6.04 Å². The monoisotopic (exact) mass is 301 g/mol. The first kappa shape index (κ1) is 15.5. The second kappa shape index (κ2) is 7.23. The van der Waals surface area contributed by atoms with E-state index in [0.717, 1.165) is 37.5 Å². The topological polar surface area (TPSA) is 45.2 Å². The lowest BCUT2D eigenvalue weighted by molar-refractivity contribution is -0.136. The van der Waals surface area contributed by atoms with Gasteiger partial charge in [-0.1, -0.05) is 25.8 Å². The number of hydrogen-bond acceptors (Lipinski definition) is 3. The highest BCUT2D eigenvalue weighted by Crippen LogP contribution is 2.32. The summed E-state index contributed by atoms with van der Waals surface area (Å²) in [4.78, 5) is 19.1. The predicted octanol–water partition coefficient (Wildman–Crippen LogP) is 2.77. The van der Waals surface area contributed by atoms with Gasteiger partial charge in [0.2, 0.25) is 5.91 Å². The van der Waals surface area contributed by atoms with Crippen molar-refractivity contribution in [3.05, 3.63) is 30.1 Å². The van der Waals surface area contributed by atoms with E-state index in [4.69, 9.17) is 0 Å². The van der Waals surface area contributed by atoms with Crippen molar-refractivity contribution in [3.8, 4) is 0 Å². The van der Waals surface area contributed by atoms with E-state index in [1.54, 1.807) is 6.20 Å². The second-order valence-corrected chi connectivity index (χ2v) is 6.94. The van der Waals surface area contributed by atoms with Gasteiger partial charge < -0.3 is 10.2 Å². The fourth-order valence-electron chi connectivity index (χ4n) is 3.98. The molecule has 120 valence electrons. The molecular weight excluding hydrogens is 274 g/mol. The fraction of sp³-hybridized carbons (Fsp3) is 0.667. The molecule has 1 N–H and O–H groups in total. The first-order chi connectivity index (χ1) is 10.7. The van der Waals surface area contributed by atoms with Crippen molar-refractivity contribution < 1.29 is 4.79 Å². The maximum absolute atomic E-state index is 12.8. The van der Waals surface area contributed by atoms with Crippen LogP contribution in [0, 0.1) is 11.8 Å². The third kappa shape index (κ3) is 3.67. The zero-order chi connectivity index (χ0) is 15.4. The van der Waals surface area contributed by atoms with Gasteiger partial charge in [0.25, 0.3) is 0 Å². The lowest BCUT2D eigenvalue weighted by atomic mass is 9.80. The quantitative estimate of drug-likeness (QED) is 0.933. The molecule has 3 atom stereocenters. The van der Waals surface area contributed by atoms with Crippen molar-refractivity contribution in [2.45, 2.75) is 45.1 Å². The Kier molecular flexibility index (Phi) is 5.08. The molecule has 0 spiro atoms. The zero-order valence-electron chi connectivity index (χ0n) is 13.5. The maximum Gasteiger partial charge on any atom is 0.223 e. The van der Waals surface area contributed by atoms with Crippen LogP contribution in [0.3, 0.4) is 0 Å². The Balaban J connectivity index is 1.66. The van der Waals surface area contributed by atoms with Crippen LogP contribution in [-0.2, 0) is 4.79 Å². The summed E-state index contributed by atoms with van der Waals surface area (Å²) in [5.41, 5.74) is 1.14. The number of amides is 1. The Hall–Kier alpha value is -1.42. The largest absolute Gasteiger partial charge is 0.333 e. The fourth-order valence-corrected chi connectivity index (χ4v) is 3.98. The third-order valence-electron chi connectivity index (χ3n) is 5.14. The molecule has 0 radical (unpaired) electrons. The Morgan fingerprint density at radius 2 is 2.36 bits per heavy atom. The van der Waals surface area contributed by atoms with Crippen LogP contribution >= 0.6 is 0 Å². The predicted molar refractivity (Wildman–Crippen MR) is 87.3 cm³/mol. The summed E-state index contributed by atoms with van der Waals surface area (Å²) in [6.45, 7) is 4.85. The number of carbonyl (C=O) groups excluding carboxylic acids is 1. The number of rotatable bonds is 3. The molecule has 1 saturated carbocycles. The number of nitrogens with zero attached hydrogens (tertiary/aromatic N) is 2. The summed E-state index contributed by atoms with van der Waals surface area (Å²) in [5, 5.41) is 3.41. The van der Waals surface area contributed by atoms with E-state index < -0.39 is 0 Å². The van der Waals surface area contributed by atoms with Crippen LogP contribution in [0.15, 0.2) is 24.5 Å². The van der Waals surface area contributed by atoms with E-state index >= 15 is 0 Å². The molecule has 4 heteroatoms. The summed E-state index contributed by atoms with van der Waals surface area (Å²) in [6, 6.07) is 4.17. The SMILES string of the molecule is CC1CCCC(CC(=O)N2CCNCC2c2cccnc2)C1. The molecule has 22 heavy (non-hydrogen) atoms. The molecule has 0 aromatic carbocycles. The Bertz CT molecular complexity index is 490. The van der Waals surface area contributed by atoms with E-state index in [1.165, 1.54) is 25.7 Å². The second-order valence-electron chi connectivity index (χ2n) is 6.94. The highest BCUT2D eigenvalue weighted by molar-refractivity contribution is 5.77. The third-order valence-corrected chi connectivity index (χ3v) is 5.14. The smallest absolute Gasteiger partial charge is 0.223 e. The molecule has 2 fully saturated rings. The molecule has 1 aromatic heterocycles. The van der Waals surface area contributed by atoms with Crippen LogP contribution < -0.4 is 5.32 Å². The lowest BCUT2D eigenvalue weighted by Gasteiger charge is -2.38. The minimum atomic E-state index is 0.135. The molecule has 4 nitrogen and oxygen atoms in total. The van der Waals surface area contributed by atoms with E-state index in [9.17, 15) is 4.79 Å². The lowest BCUT2D eigenvalue weighted by Crippen LogP contribution is -2.49. The van der Waals surface area contributed by atoms with Crippen LogP contribution in [0.2, 0.25) is 0 Å². The van der Waals surface area contributed by atoms with Crippen molar-refractivity contribution in [2.75, 3.05) is 19.6 Å². The van der Waals surface area contributed by atoms with Crippen molar-refractivity contribution in [2.24, 2.45) is 11.8 Å². The van der Waals surface area contributed by atoms with Gasteiger partial charge >= 0.3 is 0 Å². The number of aromatic nitrogens is 1. The summed E-state index contributed by atoms with van der Waals surface area (Å²) >= 11 is 0. The van der Waals surface area contributed by atoms with Gasteiger partial charge in [-0.05, 0) is 36.3 Å². The minimum Gasteiger partial charge on any atom is -0.333 e. The molecular formula is C18H27N3O. The van der Waals surface area contributed by atoms with Crippen molar-refractivity contribution >= 4 is 5.91 Å². The van der Waals surface area contributed by atoms with Gasteiger partial charge in [0, 0.05) is 38.4 Å². The van der Waals surface area contributed by atoms with Crippen molar-refractivity contribution in [1.29, 1.82) is 0 Å². The Morgan fingerprint density at radius 3 is 3.14 bits per heavy atom. The van der Waals surface area contributed by atoms with Gasteiger partial charge in [-0.15, -0.1) is 0 Å². The molecule has 2 aliphatic rings. The number of hydrogen-bond donors (Lipinski definition) is 1. The van der Waals surface area contributed by atoms with Gasteiger partial charge in [-0.2, -0.15) is 0 Å².